The third-order valence-electron chi connectivity index (χ3n) is 4.51. The molecule has 1 aromatic carbocycles. The predicted molar refractivity (Wildman–Crippen MR) is 88.8 cm³/mol. The number of non-ortho nitro benzene ring substituents is 1. The fraction of sp³-hybridized carbons (Fsp3) is 0.333. The van der Waals surface area contributed by atoms with Crippen LogP contribution in [0.25, 0.3) is 0 Å². The molecule has 0 saturated carbocycles. The first-order valence-corrected chi connectivity index (χ1v) is 7.82. The maximum absolute atomic E-state index is 12.8. The first-order valence-electron chi connectivity index (χ1n) is 7.82. The van der Waals surface area contributed by atoms with Crippen LogP contribution >= 0.6 is 0 Å². The third kappa shape index (κ3) is 2.87. The van der Waals surface area contributed by atoms with Crippen LogP contribution in [0.2, 0.25) is 0 Å². The summed E-state index contributed by atoms with van der Waals surface area (Å²) >= 11 is 0. The summed E-state index contributed by atoms with van der Waals surface area (Å²) < 4.78 is 5.60. The molecule has 0 unspecified atom stereocenters. The lowest BCUT2D eigenvalue weighted by molar-refractivity contribution is -0.384. The minimum atomic E-state index is -0.654. The van der Waals surface area contributed by atoms with E-state index in [0.29, 0.717) is 29.7 Å². The highest BCUT2D eigenvalue weighted by Crippen LogP contribution is 2.47. The van der Waals surface area contributed by atoms with Gasteiger partial charge in [-0.25, -0.2) is 0 Å². The molecular formula is C18H17N3O4. The molecule has 0 aromatic heterocycles. The average molecular weight is 339 g/mol. The molecule has 25 heavy (non-hydrogen) atoms. The number of ketones is 1. The number of benzene rings is 1. The lowest BCUT2D eigenvalue weighted by atomic mass is 9.70. The summed E-state index contributed by atoms with van der Waals surface area (Å²) in [7, 11) is 0. The summed E-state index contributed by atoms with van der Waals surface area (Å²) in [5, 5.41) is 20.4. The quantitative estimate of drug-likeness (QED) is 0.653. The lowest BCUT2D eigenvalue weighted by Gasteiger charge is -2.37. The summed E-state index contributed by atoms with van der Waals surface area (Å²) in [4.78, 5) is 23.1. The average Bonchev–Trinajstić information content (AvgIpc) is 2.52. The van der Waals surface area contributed by atoms with E-state index in [1.54, 1.807) is 12.1 Å². The van der Waals surface area contributed by atoms with Crippen molar-refractivity contribution in [3.8, 4) is 6.07 Å². The van der Waals surface area contributed by atoms with Crippen LogP contribution in [-0.2, 0) is 9.53 Å². The van der Waals surface area contributed by atoms with Crippen molar-refractivity contribution in [1.29, 1.82) is 5.26 Å². The van der Waals surface area contributed by atoms with Gasteiger partial charge in [0.15, 0.2) is 5.78 Å². The zero-order chi connectivity index (χ0) is 18.4. The summed E-state index contributed by atoms with van der Waals surface area (Å²) in [6.07, 6.45) is 0.883. The van der Waals surface area contributed by atoms with E-state index in [-0.39, 0.29) is 28.3 Å². The normalized spacial score (nSPS) is 22.1. The van der Waals surface area contributed by atoms with Crippen molar-refractivity contribution in [1.82, 2.24) is 0 Å². The topological polar surface area (TPSA) is 119 Å². The first-order chi connectivity index (χ1) is 11.7. The molecule has 3 rings (SSSR count). The molecule has 1 aromatic rings. The first kappa shape index (κ1) is 16.7. The summed E-state index contributed by atoms with van der Waals surface area (Å²) in [6.45, 7) is 3.94. The lowest BCUT2D eigenvalue weighted by Crippen LogP contribution is -2.33. The van der Waals surface area contributed by atoms with Gasteiger partial charge in [-0.1, -0.05) is 26.0 Å². The van der Waals surface area contributed by atoms with Gasteiger partial charge < -0.3 is 10.5 Å². The van der Waals surface area contributed by atoms with Gasteiger partial charge in [0.2, 0.25) is 5.88 Å². The SMILES string of the molecule is CC1(C)CC(=O)C2=C(C1)OC(N)=C(C#N)[C@@H]2c1ccc([N+](=O)[O-])cc1. The van der Waals surface area contributed by atoms with Crippen molar-refractivity contribution in [2.75, 3.05) is 0 Å². The number of hydrogen-bond donors (Lipinski definition) is 1. The van der Waals surface area contributed by atoms with Gasteiger partial charge in [0, 0.05) is 30.5 Å². The standard InChI is InChI=1S/C18H17N3O4/c1-18(2)7-13(22)16-14(8-18)25-17(20)12(9-19)15(16)10-3-5-11(6-4-10)21(23)24/h3-6,15H,7-8,20H2,1-2H3/t15-/m0/s1. The second kappa shape index (κ2) is 5.74. The van der Waals surface area contributed by atoms with Gasteiger partial charge in [-0.2, -0.15) is 5.26 Å². The Hall–Kier alpha value is -3.14. The number of nitriles is 1. The number of nitro benzene ring substituents is 1. The minimum absolute atomic E-state index is 0.0184. The van der Waals surface area contributed by atoms with E-state index in [1.807, 2.05) is 19.9 Å². The predicted octanol–water partition coefficient (Wildman–Crippen LogP) is 3.05. The Morgan fingerprint density at radius 1 is 1.32 bits per heavy atom. The smallest absolute Gasteiger partial charge is 0.269 e. The molecular weight excluding hydrogens is 322 g/mol. The summed E-state index contributed by atoms with van der Waals surface area (Å²) in [5.74, 6) is -0.274. The maximum Gasteiger partial charge on any atom is 0.269 e. The molecule has 0 radical (unpaired) electrons. The van der Waals surface area contributed by atoms with Gasteiger partial charge in [0.05, 0.1) is 10.8 Å². The minimum Gasteiger partial charge on any atom is -0.444 e. The van der Waals surface area contributed by atoms with Crippen LogP contribution < -0.4 is 5.73 Å². The highest BCUT2D eigenvalue weighted by molar-refractivity contribution is 6.00. The van der Waals surface area contributed by atoms with Crippen molar-refractivity contribution in [3.05, 3.63) is 62.7 Å². The number of nitro groups is 1. The number of carbonyl (C=O) groups is 1. The zero-order valence-corrected chi connectivity index (χ0v) is 13.9. The number of allylic oxidation sites excluding steroid dienone is 3. The van der Waals surface area contributed by atoms with Crippen LogP contribution in [0.1, 0.15) is 38.2 Å². The van der Waals surface area contributed by atoms with E-state index < -0.39 is 10.8 Å². The van der Waals surface area contributed by atoms with Gasteiger partial charge in [0.25, 0.3) is 5.69 Å². The number of hydrogen-bond acceptors (Lipinski definition) is 6. The van der Waals surface area contributed by atoms with E-state index in [9.17, 15) is 20.2 Å². The second-order valence-electron chi connectivity index (χ2n) is 7.05. The Bertz CT molecular complexity index is 873. The van der Waals surface area contributed by atoms with Gasteiger partial charge in [-0.15, -0.1) is 0 Å². The molecule has 0 bridgehead atoms. The fourth-order valence-electron chi connectivity index (χ4n) is 3.41. The maximum atomic E-state index is 12.8. The number of Topliss-reactive ketones (excluding diaryl/α,β-unsaturated/α-hetero) is 1. The number of nitrogens with two attached hydrogens (primary N) is 1. The molecule has 0 fully saturated rings. The van der Waals surface area contributed by atoms with E-state index in [1.165, 1.54) is 12.1 Å². The Morgan fingerprint density at radius 2 is 1.96 bits per heavy atom. The Balaban J connectivity index is 2.14. The number of ether oxygens (including phenoxy) is 1. The number of carbonyl (C=O) groups excluding carboxylic acids is 1. The van der Waals surface area contributed by atoms with Crippen LogP contribution in [0.15, 0.2) is 47.1 Å². The molecule has 0 spiro atoms. The number of nitrogens with zero attached hydrogens (tertiary/aromatic N) is 2. The zero-order valence-electron chi connectivity index (χ0n) is 13.9. The third-order valence-corrected chi connectivity index (χ3v) is 4.51. The van der Waals surface area contributed by atoms with E-state index in [2.05, 4.69) is 0 Å². The molecule has 2 N–H and O–H groups in total. The van der Waals surface area contributed by atoms with Crippen molar-refractivity contribution in [2.45, 2.75) is 32.6 Å². The fourth-order valence-corrected chi connectivity index (χ4v) is 3.41. The molecule has 0 amide bonds. The molecule has 2 aliphatic rings. The van der Waals surface area contributed by atoms with Crippen LogP contribution in [0.4, 0.5) is 5.69 Å². The Morgan fingerprint density at radius 3 is 2.52 bits per heavy atom. The Kier molecular flexibility index (Phi) is 3.84. The van der Waals surface area contributed by atoms with Crippen LogP contribution in [0, 0.1) is 26.9 Å². The molecule has 1 heterocycles. The van der Waals surface area contributed by atoms with Crippen molar-refractivity contribution < 1.29 is 14.5 Å². The molecule has 0 saturated heterocycles. The van der Waals surface area contributed by atoms with Gasteiger partial charge >= 0.3 is 0 Å². The molecule has 128 valence electrons. The highest BCUT2D eigenvalue weighted by atomic mass is 16.6. The van der Waals surface area contributed by atoms with Crippen LogP contribution in [-0.4, -0.2) is 10.7 Å². The van der Waals surface area contributed by atoms with Crippen LogP contribution in [0.5, 0.6) is 0 Å². The van der Waals surface area contributed by atoms with E-state index in [4.69, 9.17) is 10.5 Å². The van der Waals surface area contributed by atoms with Crippen molar-refractivity contribution >= 4 is 11.5 Å². The second-order valence-corrected chi connectivity index (χ2v) is 7.05. The molecule has 1 aliphatic carbocycles. The monoisotopic (exact) mass is 339 g/mol. The van der Waals surface area contributed by atoms with Crippen molar-refractivity contribution in [2.24, 2.45) is 11.1 Å². The summed E-state index contributed by atoms with van der Waals surface area (Å²) in [5.41, 5.74) is 6.80. The van der Waals surface area contributed by atoms with Crippen molar-refractivity contribution in [3.63, 3.8) is 0 Å². The molecule has 1 atom stereocenters. The van der Waals surface area contributed by atoms with Gasteiger partial charge in [-0.05, 0) is 11.0 Å². The number of rotatable bonds is 2. The van der Waals surface area contributed by atoms with Gasteiger partial charge in [-0.3, -0.25) is 14.9 Å². The van der Waals surface area contributed by atoms with Crippen LogP contribution in [0.3, 0.4) is 0 Å². The van der Waals surface area contributed by atoms with E-state index >= 15 is 0 Å². The Labute approximate surface area is 144 Å². The molecule has 1 aliphatic heterocycles. The van der Waals surface area contributed by atoms with Gasteiger partial charge in [0.1, 0.15) is 17.4 Å². The molecule has 7 nitrogen and oxygen atoms in total. The highest BCUT2D eigenvalue weighted by Gasteiger charge is 2.42. The van der Waals surface area contributed by atoms with E-state index in [0.717, 1.165) is 0 Å². The molecule has 7 heteroatoms. The summed E-state index contributed by atoms with van der Waals surface area (Å²) in [6, 6.07) is 7.84. The largest absolute Gasteiger partial charge is 0.444 e.